The predicted molar refractivity (Wildman–Crippen MR) is 123 cm³/mol. The summed E-state index contributed by atoms with van der Waals surface area (Å²) in [4.78, 5) is 27.1. The maximum Gasteiger partial charge on any atom is 0.224 e. The summed E-state index contributed by atoms with van der Waals surface area (Å²) in [5, 5.41) is 9.90. The summed E-state index contributed by atoms with van der Waals surface area (Å²) in [5.41, 5.74) is 2.85. The van der Waals surface area contributed by atoms with Crippen molar-refractivity contribution in [2.24, 2.45) is 0 Å². The summed E-state index contributed by atoms with van der Waals surface area (Å²) in [6.07, 6.45) is 3.03. The van der Waals surface area contributed by atoms with E-state index in [4.69, 9.17) is 0 Å². The molecule has 0 saturated heterocycles. The number of benzene rings is 2. The number of aryl methyl sites for hydroxylation is 1. The zero-order chi connectivity index (χ0) is 21.1. The van der Waals surface area contributed by atoms with Crippen LogP contribution in [0, 0.1) is 6.92 Å². The molecule has 0 heterocycles. The molecule has 0 spiro atoms. The lowest BCUT2D eigenvalue weighted by Gasteiger charge is -2.31. The van der Waals surface area contributed by atoms with Crippen LogP contribution in [0.1, 0.15) is 34.3 Å². The van der Waals surface area contributed by atoms with Gasteiger partial charge in [-0.2, -0.15) is 11.8 Å². The zero-order valence-corrected chi connectivity index (χ0v) is 18.7. The highest BCUT2D eigenvalue weighted by atomic mass is 32.2. The molecule has 0 aliphatic heterocycles. The molecule has 0 fully saturated rings. The first-order valence-electron chi connectivity index (χ1n) is 9.72. The molecule has 0 aliphatic rings. The summed E-state index contributed by atoms with van der Waals surface area (Å²) in [6.45, 7) is 2.44. The summed E-state index contributed by atoms with van der Waals surface area (Å²) in [5.74, 6) is 1.28. The number of aliphatic hydroxyl groups is 1. The first-order valence-corrected chi connectivity index (χ1v) is 12.1. The fourth-order valence-corrected chi connectivity index (χ4v) is 4.30. The molecule has 156 valence electrons. The normalized spacial score (nSPS) is 11.8. The van der Waals surface area contributed by atoms with E-state index in [1.165, 1.54) is 11.8 Å². The van der Waals surface area contributed by atoms with Gasteiger partial charge in [0.15, 0.2) is 0 Å². The Morgan fingerprint density at radius 3 is 2.38 bits per heavy atom. The average molecular weight is 432 g/mol. The summed E-state index contributed by atoms with van der Waals surface area (Å²) in [6, 6.07) is 16.9. The van der Waals surface area contributed by atoms with Gasteiger partial charge in [-0.3, -0.25) is 9.59 Å². The van der Waals surface area contributed by atoms with Gasteiger partial charge in [0.1, 0.15) is 0 Å². The Balaban J connectivity index is 2.03. The van der Waals surface area contributed by atoms with E-state index in [1.54, 1.807) is 28.8 Å². The van der Waals surface area contributed by atoms with Gasteiger partial charge in [0.2, 0.25) is 11.0 Å². The van der Waals surface area contributed by atoms with E-state index < -0.39 is 0 Å². The van der Waals surface area contributed by atoms with E-state index in [9.17, 15) is 14.7 Å². The molecule has 2 aromatic rings. The molecule has 2 aromatic carbocycles. The number of nitrogens with zero attached hydrogens (tertiary/aromatic N) is 1. The van der Waals surface area contributed by atoms with Crippen molar-refractivity contribution in [1.29, 1.82) is 0 Å². The molecule has 0 unspecified atom stereocenters. The van der Waals surface area contributed by atoms with Gasteiger partial charge in [-0.15, -0.1) is 0 Å². The standard InChI is InChI=1S/C23H29NO3S2/c1-18-8-6-7-11-20(18)16-24(21(17-25)12-14-28-2)22(26)13-15-29-23(27)19-9-4-3-5-10-19/h3-11,21,25H,12-17H2,1-2H3/t21-/m0/s1. The van der Waals surface area contributed by atoms with Crippen LogP contribution in [0.4, 0.5) is 0 Å². The molecular weight excluding hydrogens is 402 g/mol. The highest BCUT2D eigenvalue weighted by Crippen LogP contribution is 2.19. The minimum atomic E-state index is -0.218. The van der Waals surface area contributed by atoms with Crippen LogP contribution >= 0.6 is 23.5 Å². The van der Waals surface area contributed by atoms with Crippen molar-refractivity contribution in [1.82, 2.24) is 4.90 Å². The van der Waals surface area contributed by atoms with Crippen molar-refractivity contribution in [2.75, 3.05) is 24.4 Å². The van der Waals surface area contributed by atoms with Gasteiger partial charge in [0.05, 0.1) is 12.6 Å². The lowest BCUT2D eigenvalue weighted by molar-refractivity contribution is -0.134. The van der Waals surface area contributed by atoms with E-state index in [0.29, 0.717) is 17.9 Å². The predicted octanol–water partition coefficient (Wildman–Crippen LogP) is 4.40. The third-order valence-electron chi connectivity index (χ3n) is 4.79. The fraction of sp³-hybridized carbons (Fsp3) is 0.391. The molecule has 1 amide bonds. The van der Waals surface area contributed by atoms with Gasteiger partial charge in [0, 0.05) is 24.3 Å². The lowest BCUT2D eigenvalue weighted by Crippen LogP contribution is -2.42. The number of hydrogen-bond acceptors (Lipinski definition) is 5. The third kappa shape index (κ3) is 7.53. The van der Waals surface area contributed by atoms with Crippen LogP contribution in [-0.4, -0.2) is 51.4 Å². The summed E-state index contributed by atoms with van der Waals surface area (Å²) >= 11 is 2.87. The van der Waals surface area contributed by atoms with Crippen molar-refractivity contribution in [3.05, 3.63) is 71.3 Å². The number of thioether (sulfide) groups is 2. The Morgan fingerprint density at radius 2 is 1.72 bits per heavy atom. The molecule has 4 nitrogen and oxygen atoms in total. The van der Waals surface area contributed by atoms with Crippen LogP contribution in [0.2, 0.25) is 0 Å². The van der Waals surface area contributed by atoms with Gasteiger partial charge in [-0.05, 0) is 36.5 Å². The van der Waals surface area contributed by atoms with Crippen molar-refractivity contribution in [3.8, 4) is 0 Å². The van der Waals surface area contributed by atoms with Gasteiger partial charge in [-0.25, -0.2) is 0 Å². The number of amides is 1. The molecule has 2 rings (SSSR count). The second-order valence-corrected chi connectivity index (χ2v) is 8.87. The SMILES string of the molecule is CSCC[C@@H](CO)N(Cc1ccccc1C)C(=O)CCSC(=O)c1ccccc1. The third-order valence-corrected chi connectivity index (χ3v) is 6.34. The average Bonchev–Trinajstić information content (AvgIpc) is 2.75. The first-order chi connectivity index (χ1) is 14.1. The molecule has 1 atom stereocenters. The molecule has 1 N–H and O–H groups in total. The number of rotatable bonds is 11. The van der Waals surface area contributed by atoms with Crippen molar-refractivity contribution in [3.63, 3.8) is 0 Å². The largest absolute Gasteiger partial charge is 0.394 e. The number of aliphatic hydroxyl groups excluding tert-OH is 1. The van der Waals surface area contributed by atoms with Crippen molar-refractivity contribution < 1.29 is 14.7 Å². The van der Waals surface area contributed by atoms with E-state index >= 15 is 0 Å². The minimum Gasteiger partial charge on any atom is -0.394 e. The van der Waals surface area contributed by atoms with Gasteiger partial charge >= 0.3 is 0 Å². The Hall–Kier alpha value is -1.76. The Labute approximate surface area is 182 Å². The lowest BCUT2D eigenvalue weighted by atomic mass is 10.1. The maximum absolute atomic E-state index is 13.0. The van der Waals surface area contributed by atoms with Crippen LogP contribution in [0.3, 0.4) is 0 Å². The number of carbonyl (C=O) groups excluding carboxylic acids is 2. The fourth-order valence-electron chi connectivity index (χ4n) is 3.02. The molecule has 29 heavy (non-hydrogen) atoms. The molecule has 0 aliphatic carbocycles. The van der Waals surface area contributed by atoms with Crippen LogP contribution in [0.15, 0.2) is 54.6 Å². The van der Waals surface area contributed by atoms with Crippen molar-refractivity contribution >= 4 is 34.5 Å². The molecular formula is C23H29NO3S2. The number of hydrogen-bond donors (Lipinski definition) is 1. The highest BCUT2D eigenvalue weighted by molar-refractivity contribution is 8.14. The van der Waals surface area contributed by atoms with Crippen LogP contribution < -0.4 is 0 Å². The van der Waals surface area contributed by atoms with E-state index in [1.807, 2.05) is 55.6 Å². The van der Waals surface area contributed by atoms with E-state index in [0.717, 1.165) is 23.3 Å². The Kier molecular flexibility index (Phi) is 10.3. The van der Waals surface area contributed by atoms with Gasteiger partial charge < -0.3 is 10.0 Å². The molecule has 0 bridgehead atoms. The smallest absolute Gasteiger partial charge is 0.224 e. The van der Waals surface area contributed by atoms with Gasteiger partial charge in [0.25, 0.3) is 0 Å². The van der Waals surface area contributed by atoms with E-state index in [2.05, 4.69) is 0 Å². The first kappa shape index (κ1) is 23.5. The molecule has 0 radical (unpaired) electrons. The summed E-state index contributed by atoms with van der Waals surface area (Å²) < 4.78 is 0. The molecule has 0 aromatic heterocycles. The van der Waals surface area contributed by atoms with Gasteiger partial charge in [-0.1, -0.05) is 66.4 Å². The highest BCUT2D eigenvalue weighted by Gasteiger charge is 2.23. The van der Waals surface area contributed by atoms with Crippen molar-refractivity contribution in [2.45, 2.75) is 32.4 Å². The number of carbonyl (C=O) groups is 2. The Bertz CT molecular complexity index is 783. The monoisotopic (exact) mass is 431 g/mol. The maximum atomic E-state index is 13.0. The minimum absolute atomic E-state index is 0.0232. The quantitative estimate of drug-likeness (QED) is 0.571. The van der Waals surface area contributed by atoms with Crippen LogP contribution in [0.5, 0.6) is 0 Å². The molecule has 6 heteroatoms. The second kappa shape index (κ2) is 12.7. The zero-order valence-electron chi connectivity index (χ0n) is 17.0. The second-order valence-electron chi connectivity index (χ2n) is 6.82. The van der Waals surface area contributed by atoms with Crippen LogP contribution in [-0.2, 0) is 11.3 Å². The topological polar surface area (TPSA) is 57.6 Å². The summed E-state index contributed by atoms with van der Waals surface area (Å²) in [7, 11) is 0. The van der Waals surface area contributed by atoms with E-state index in [-0.39, 0.29) is 30.1 Å². The molecule has 0 saturated carbocycles. The Morgan fingerprint density at radius 1 is 1.03 bits per heavy atom. The van der Waals surface area contributed by atoms with Crippen LogP contribution in [0.25, 0.3) is 0 Å².